The van der Waals surface area contributed by atoms with Gasteiger partial charge in [0.2, 0.25) is 0 Å². The summed E-state index contributed by atoms with van der Waals surface area (Å²) in [5.74, 6) is 5.92. The molecule has 6 heteroatoms. The smallest absolute Gasteiger partial charge is 0.407 e. The number of amides is 1. The average Bonchev–Trinajstić information content (AvgIpc) is 3.15. The molecule has 0 aliphatic heterocycles. The van der Waals surface area contributed by atoms with Crippen LogP contribution in [0.4, 0.5) is 10.5 Å². The first-order valence-electron chi connectivity index (χ1n) is 10.3. The summed E-state index contributed by atoms with van der Waals surface area (Å²) in [6.45, 7) is 0.395. The zero-order valence-electron chi connectivity index (χ0n) is 17.2. The summed E-state index contributed by atoms with van der Waals surface area (Å²) in [4.78, 5) is 20.8. The average molecular weight is 420 g/mol. The third-order valence-corrected chi connectivity index (χ3v) is 5.55. The van der Waals surface area contributed by atoms with E-state index in [1.54, 1.807) is 24.5 Å². The van der Waals surface area contributed by atoms with Crippen molar-refractivity contribution >= 4 is 22.8 Å². The van der Waals surface area contributed by atoms with E-state index in [9.17, 15) is 4.79 Å². The summed E-state index contributed by atoms with van der Waals surface area (Å²) in [6, 6.07) is 20.0. The molecule has 3 aromatic carbocycles. The maximum absolute atomic E-state index is 12.3. The minimum absolute atomic E-state index is 0.0216. The van der Waals surface area contributed by atoms with E-state index in [-0.39, 0.29) is 19.1 Å². The Labute approximate surface area is 185 Å². The number of alkyl carbamates (subject to hydrolysis) is 1. The lowest BCUT2D eigenvalue weighted by Gasteiger charge is -2.14. The molecular formula is C26H20N4O2. The molecule has 6 nitrogen and oxygen atoms in total. The summed E-state index contributed by atoms with van der Waals surface area (Å²) in [5, 5.41) is 2.68. The Hall–Kier alpha value is -4.37. The molecule has 0 atom stereocenters. The molecule has 156 valence electrons. The second kappa shape index (κ2) is 8.40. The molecule has 32 heavy (non-hydrogen) atoms. The number of nitrogens with one attached hydrogen (secondary N) is 1. The zero-order valence-corrected chi connectivity index (χ0v) is 17.2. The molecule has 0 spiro atoms. The number of nitrogens with two attached hydrogens (primary N) is 1. The molecule has 1 heterocycles. The molecular weight excluding hydrogens is 400 g/mol. The third kappa shape index (κ3) is 3.61. The normalized spacial score (nSPS) is 11.9. The summed E-state index contributed by atoms with van der Waals surface area (Å²) >= 11 is 0. The number of benzene rings is 3. The first kappa shape index (κ1) is 19.6. The second-order valence-electron chi connectivity index (χ2n) is 7.43. The van der Waals surface area contributed by atoms with Gasteiger partial charge in [-0.1, -0.05) is 60.4 Å². The van der Waals surface area contributed by atoms with Crippen LogP contribution in [-0.4, -0.2) is 29.2 Å². The molecule has 3 N–H and O–H groups in total. The van der Waals surface area contributed by atoms with Crippen molar-refractivity contribution < 1.29 is 9.53 Å². The maximum atomic E-state index is 12.3. The van der Waals surface area contributed by atoms with Gasteiger partial charge in [-0.3, -0.25) is 9.97 Å². The van der Waals surface area contributed by atoms with Gasteiger partial charge in [-0.05, 0) is 34.4 Å². The predicted molar refractivity (Wildman–Crippen MR) is 124 cm³/mol. The van der Waals surface area contributed by atoms with E-state index in [0.29, 0.717) is 16.8 Å². The number of carbonyl (C=O) groups excluding carboxylic acids is 1. The molecule has 0 saturated heterocycles. The molecule has 0 fully saturated rings. The van der Waals surface area contributed by atoms with E-state index in [4.69, 9.17) is 10.5 Å². The third-order valence-electron chi connectivity index (χ3n) is 5.55. The highest BCUT2D eigenvalue weighted by Crippen LogP contribution is 2.44. The van der Waals surface area contributed by atoms with Crippen molar-refractivity contribution in [2.24, 2.45) is 0 Å². The maximum Gasteiger partial charge on any atom is 0.407 e. The Morgan fingerprint density at radius 1 is 0.969 bits per heavy atom. The standard InChI is InChI=1S/C26H20N4O2/c27-23-11-12-24-25(29-15-14-28-24)21(23)10-5-13-30-26(31)32-16-22-19-8-3-1-6-17(19)18-7-2-4-9-20(18)22/h1-4,6-9,11-12,14-15,22H,13,16,27H2,(H,30,31). The van der Waals surface area contributed by atoms with Gasteiger partial charge in [0.25, 0.3) is 0 Å². The lowest BCUT2D eigenvalue weighted by Crippen LogP contribution is -2.26. The van der Waals surface area contributed by atoms with E-state index in [1.165, 1.54) is 22.3 Å². The molecule has 0 bridgehead atoms. The monoisotopic (exact) mass is 420 g/mol. The molecule has 1 aromatic heterocycles. The van der Waals surface area contributed by atoms with E-state index < -0.39 is 6.09 Å². The van der Waals surface area contributed by atoms with E-state index >= 15 is 0 Å². The van der Waals surface area contributed by atoms with Gasteiger partial charge in [-0.2, -0.15) is 0 Å². The lowest BCUT2D eigenvalue weighted by atomic mass is 9.98. The number of nitrogens with zero attached hydrogens (tertiary/aromatic N) is 2. The van der Waals surface area contributed by atoms with Crippen LogP contribution in [0.5, 0.6) is 0 Å². The quantitative estimate of drug-likeness (QED) is 0.385. The number of ether oxygens (including phenoxy) is 1. The Morgan fingerprint density at radius 3 is 2.41 bits per heavy atom. The van der Waals surface area contributed by atoms with E-state index in [0.717, 1.165) is 5.52 Å². The highest BCUT2D eigenvalue weighted by Gasteiger charge is 2.28. The fourth-order valence-corrected chi connectivity index (χ4v) is 4.08. The highest BCUT2D eigenvalue weighted by atomic mass is 16.5. The summed E-state index contributed by atoms with van der Waals surface area (Å²) < 4.78 is 5.52. The minimum atomic E-state index is -0.508. The van der Waals surface area contributed by atoms with Crippen LogP contribution in [0, 0.1) is 11.8 Å². The summed E-state index contributed by atoms with van der Waals surface area (Å²) in [5.41, 5.74) is 13.3. The lowest BCUT2D eigenvalue weighted by molar-refractivity contribution is 0.144. The molecule has 1 aliphatic rings. The van der Waals surface area contributed by atoms with Gasteiger partial charge < -0.3 is 15.8 Å². The van der Waals surface area contributed by atoms with Crippen LogP contribution in [-0.2, 0) is 4.74 Å². The number of carbonyl (C=O) groups is 1. The van der Waals surface area contributed by atoms with Gasteiger partial charge in [0.15, 0.2) is 0 Å². The predicted octanol–water partition coefficient (Wildman–Crippen LogP) is 4.10. The van der Waals surface area contributed by atoms with E-state index in [1.807, 2.05) is 24.3 Å². The second-order valence-corrected chi connectivity index (χ2v) is 7.43. The van der Waals surface area contributed by atoms with Crippen LogP contribution >= 0.6 is 0 Å². The zero-order chi connectivity index (χ0) is 21.9. The van der Waals surface area contributed by atoms with Crippen molar-refractivity contribution in [2.75, 3.05) is 18.9 Å². The number of nitrogen functional groups attached to an aromatic ring is 1. The number of hydrogen-bond donors (Lipinski definition) is 2. The fraction of sp³-hybridized carbons (Fsp3) is 0.115. The van der Waals surface area contributed by atoms with Crippen LogP contribution < -0.4 is 11.1 Å². The van der Waals surface area contributed by atoms with Gasteiger partial charge in [-0.15, -0.1) is 0 Å². The van der Waals surface area contributed by atoms with Gasteiger partial charge in [0, 0.05) is 24.0 Å². The minimum Gasteiger partial charge on any atom is -0.449 e. The van der Waals surface area contributed by atoms with Crippen LogP contribution in [0.2, 0.25) is 0 Å². The first-order valence-corrected chi connectivity index (χ1v) is 10.3. The van der Waals surface area contributed by atoms with Gasteiger partial charge in [0.1, 0.15) is 12.1 Å². The molecule has 0 radical (unpaired) electrons. The van der Waals surface area contributed by atoms with Crippen molar-refractivity contribution in [3.8, 4) is 23.0 Å². The first-order chi connectivity index (χ1) is 15.7. The molecule has 4 aromatic rings. The Bertz CT molecular complexity index is 1340. The largest absolute Gasteiger partial charge is 0.449 e. The van der Waals surface area contributed by atoms with Crippen LogP contribution in [0.1, 0.15) is 22.6 Å². The summed E-state index contributed by atoms with van der Waals surface area (Å²) in [6.07, 6.45) is 2.71. The topological polar surface area (TPSA) is 90.1 Å². The van der Waals surface area contributed by atoms with Crippen molar-refractivity contribution in [2.45, 2.75) is 5.92 Å². The van der Waals surface area contributed by atoms with Crippen molar-refractivity contribution in [3.63, 3.8) is 0 Å². The van der Waals surface area contributed by atoms with Gasteiger partial charge in [-0.25, -0.2) is 4.79 Å². The molecule has 5 rings (SSSR count). The van der Waals surface area contributed by atoms with Crippen molar-refractivity contribution in [1.29, 1.82) is 0 Å². The molecule has 1 amide bonds. The number of anilines is 1. The number of fused-ring (bicyclic) bond motifs is 4. The highest BCUT2D eigenvalue weighted by molar-refractivity contribution is 5.86. The SMILES string of the molecule is Nc1ccc2nccnc2c1C#CCNC(=O)OCC1c2ccccc2-c2ccccc21. The van der Waals surface area contributed by atoms with Crippen LogP contribution in [0.25, 0.3) is 22.2 Å². The Kier molecular flexibility index (Phi) is 5.14. The summed E-state index contributed by atoms with van der Waals surface area (Å²) in [7, 11) is 0. The Balaban J connectivity index is 1.23. The fourth-order valence-electron chi connectivity index (χ4n) is 4.08. The van der Waals surface area contributed by atoms with E-state index in [2.05, 4.69) is 51.4 Å². The van der Waals surface area contributed by atoms with Crippen LogP contribution in [0.3, 0.4) is 0 Å². The Morgan fingerprint density at radius 2 is 1.66 bits per heavy atom. The van der Waals surface area contributed by atoms with Crippen molar-refractivity contribution in [3.05, 3.63) is 89.7 Å². The van der Waals surface area contributed by atoms with Gasteiger partial charge >= 0.3 is 6.09 Å². The van der Waals surface area contributed by atoms with Crippen LogP contribution in [0.15, 0.2) is 73.1 Å². The number of rotatable bonds is 3. The number of hydrogen-bond acceptors (Lipinski definition) is 5. The molecule has 0 saturated carbocycles. The van der Waals surface area contributed by atoms with Crippen molar-refractivity contribution in [1.82, 2.24) is 15.3 Å². The molecule has 1 aliphatic carbocycles. The number of aromatic nitrogens is 2. The molecule has 0 unspecified atom stereocenters. The van der Waals surface area contributed by atoms with Gasteiger partial charge in [0.05, 0.1) is 17.6 Å².